The van der Waals surface area contributed by atoms with E-state index in [9.17, 15) is 4.79 Å². The molecule has 0 saturated carbocycles. The molecule has 0 saturated heterocycles. The van der Waals surface area contributed by atoms with Crippen LogP contribution in [0.4, 0.5) is 0 Å². The van der Waals surface area contributed by atoms with Gasteiger partial charge in [0.05, 0.1) is 0 Å². The van der Waals surface area contributed by atoms with Crippen LogP contribution in [0.5, 0.6) is 0 Å². The van der Waals surface area contributed by atoms with Crippen LogP contribution in [0.1, 0.15) is 5.56 Å². The normalized spacial score (nSPS) is 9.56. The first-order chi connectivity index (χ1) is 7.69. The monoisotopic (exact) mass is 327 g/mol. The molecule has 0 bridgehead atoms. The van der Waals surface area contributed by atoms with E-state index in [-0.39, 0.29) is 5.91 Å². The van der Waals surface area contributed by atoms with E-state index in [0.29, 0.717) is 13.1 Å². The molecule has 0 atom stereocenters. The summed E-state index contributed by atoms with van der Waals surface area (Å²) >= 11 is 2.27. The molecule has 2 nitrogen and oxygen atoms in total. The Morgan fingerprint density at radius 2 is 2.06 bits per heavy atom. The molecule has 0 fully saturated rings. The van der Waals surface area contributed by atoms with Gasteiger partial charge in [-0.25, -0.2) is 0 Å². The summed E-state index contributed by atoms with van der Waals surface area (Å²) in [5, 5.41) is 0. The lowest BCUT2D eigenvalue weighted by Crippen LogP contribution is -2.29. The molecule has 0 aromatic heterocycles. The van der Waals surface area contributed by atoms with E-state index in [4.69, 9.17) is 0 Å². The molecular weight excluding hydrogens is 313 g/mol. The summed E-state index contributed by atoms with van der Waals surface area (Å²) in [5.74, 6) is -0.0699. The van der Waals surface area contributed by atoms with Crippen LogP contribution in [-0.2, 0) is 11.3 Å². The lowest BCUT2D eigenvalue weighted by atomic mass is 10.2. The zero-order chi connectivity index (χ0) is 12.0. The number of rotatable bonds is 5. The van der Waals surface area contributed by atoms with Crippen LogP contribution in [0.25, 0.3) is 0 Å². The number of amides is 1. The molecule has 84 valence electrons. The van der Waals surface area contributed by atoms with Crippen LogP contribution < -0.4 is 0 Å². The molecule has 0 spiro atoms. The zero-order valence-electron chi connectivity index (χ0n) is 9.03. The van der Waals surface area contributed by atoms with Crippen molar-refractivity contribution in [2.75, 3.05) is 6.54 Å². The Kier molecular flexibility index (Phi) is 5.25. The van der Waals surface area contributed by atoms with Crippen LogP contribution in [0.2, 0.25) is 0 Å². The van der Waals surface area contributed by atoms with Gasteiger partial charge < -0.3 is 4.90 Å². The molecule has 16 heavy (non-hydrogen) atoms. The highest BCUT2D eigenvalue weighted by Crippen LogP contribution is 2.14. The lowest BCUT2D eigenvalue weighted by molar-refractivity contribution is -0.126. The highest BCUT2D eigenvalue weighted by Gasteiger charge is 2.10. The van der Waals surface area contributed by atoms with Gasteiger partial charge in [-0.15, -0.1) is 6.58 Å². The third kappa shape index (κ3) is 3.48. The second-order valence-electron chi connectivity index (χ2n) is 3.30. The quantitative estimate of drug-likeness (QED) is 0.463. The third-order valence-electron chi connectivity index (χ3n) is 2.15. The topological polar surface area (TPSA) is 20.3 Å². The first kappa shape index (κ1) is 13.0. The summed E-state index contributed by atoms with van der Waals surface area (Å²) in [6, 6.07) is 8.01. The standard InChI is InChI=1S/C13H14INO/c1-3-9-15(13(16)4-2)10-11-7-5-6-8-12(11)14/h3-8H,1-2,9-10H2. The summed E-state index contributed by atoms with van der Waals surface area (Å²) in [7, 11) is 0. The molecule has 1 aromatic carbocycles. The number of hydrogen-bond acceptors (Lipinski definition) is 1. The van der Waals surface area contributed by atoms with Gasteiger partial charge >= 0.3 is 0 Å². The van der Waals surface area contributed by atoms with Crippen molar-refractivity contribution in [3.63, 3.8) is 0 Å². The minimum atomic E-state index is -0.0699. The van der Waals surface area contributed by atoms with Crippen molar-refractivity contribution in [2.45, 2.75) is 6.54 Å². The van der Waals surface area contributed by atoms with Crippen molar-refractivity contribution < 1.29 is 4.79 Å². The number of hydrogen-bond donors (Lipinski definition) is 0. The second kappa shape index (κ2) is 6.48. The highest BCUT2D eigenvalue weighted by atomic mass is 127. The minimum absolute atomic E-state index is 0.0699. The fourth-order valence-electron chi connectivity index (χ4n) is 1.35. The SMILES string of the molecule is C=CCN(Cc1ccccc1I)C(=O)C=C. The van der Waals surface area contributed by atoms with Crippen LogP contribution in [-0.4, -0.2) is 17.4 Å². The van der Waals surface area contributed by atoms with E-state index >= 15 is 0 Å². The number of nitrogens with zero attached hydrogens (tertiary/aromatic N) is 1. The molecule has 1 amide bonds. The van der Waals surface area contributed by atoms with E-state index < -0.39 is 0 Å². The van der Waals surface area contributed by atoms with E-state index in [0.717, 1.165) is 9.13 Å². The Bertz CT molecular complexity index is 401. The van der Waals surface area contributed by atoms with Crippen LogP contribution in [0.3, 0.4) is 0 Å². The number of carbonyl (C=O) groups is 1. The fourth-order valence-corrected chi connectivity index (χ4v) is 1.91. The maximum atomic E-state index is 11.6. The van der Waals surface area contributed by atoms with E-state index in [2.05, 4.69) is 35.7 Å². The Hall–Kier alpha value is -1.10. The Labute approximate surface area is 110 Å². The van der Waals surface area contributed by atoms with Crippen molar-refractivity contribution in [2.24, 2.45) is 0 Å². The van der Waals surface area contributed by atoms with Gasteiger partial charge in [0, 0.05) is 16.7 Å². The van der Waals surface area contributed by atoms with Crippen molar-refractivity contribution in [1.82, 2.24) is 4.90 Å². The van der Waals surface area contributed by atoms with Crippen LogP contribution >= 0.6 is 22.6 Å². The van der Waals surface area contributed by atoms with Gasteiger partial charge in [-0.3, -0.25) is 4.79 Å². The van der Waals surface area contributed by atoms with Crippen molar-refractivity contribution >= 4 is 28.5 Å². The molecule has 0 aliphatic carbocycles. The smallest absolute Gasteiger partial charge is 0.246 e. The van der Waals surface area contributed by atoms with Gasteiger partial charge in [-0.1, -0.05) is 30.9 Å². The van der Waals surface area contributed by atoms with Gasteiger partial charge in [-0.2, -0.15) is 0 Å². The minimum Gasteiger partial charge on any atom is -0.331 e. The Morgan fingerprint density at radius 1 is 1.38 bits per heavy atom. The van der Waals surface area contributed by atoms with Gasteiger partial charge in [0.1, 0.15) is 0 Å². The maximum Gasteiger partial charge on any atom is 0.246 e. The largest absolute Gasteiger partial charge is 0.331 e. The fraction of sp³-hybridized carbons (Fsp3) is 0.154. The molecule has 0 unspecified atom stereocenters. The molecule has 1 rings (SSSR count). The van der Waals surface area contributed by atoms with Crippen LogP contribution in [0.15, 0.2) is 49.6 Å². The predicted molar refractivity (Wildman–Crippen MR) is 75.0 cm³/mol. The van der Waals surface area contributed by atoms with Crippen molar-refractivity contribution in [1.29, 1.82) is 0 Å². The van der Waals surface area contributed by atoms with Gasteiger partial charge in [0.15, 0.2) is 0 Å². The molecule has 0 radical (unpaired) electrons. The maximum absolute atomic E-state index is 11.6. The summed E-state index contributed by atoms with van der Waals surface area (Å²) in [6.07, 6.45) is 3.05. The van der Waals surface area contributed by atoms with Gasteiger partial charge in [-0.05, 0) is 40.3 Å². The van der Waals surface area contributed by atoms with E-state index in [1.54, 1.807) is 11.0 Å². The second-order valence-corrected chi connectivity index (χ2v) is 4.47. The predicted octanol–water partition coefficient (Wildman–Crippen LogP) is 2.99. The first-order valence-electron chi connectivity index (χ1n) is 4.94. The summed E-state index contributed by atoms with van der Waals surface area (Å²) < 4.78 is 1.16. The third-order valence-corrected chi connectivity index (χ3v) is 3.21. The average Bonchev–Trinajstić information content (AvgIpc) is 2.30. The van der Waals surface area contributed by atoms with Gasteiger partial charge in [0.2, 0.25) is 5.91 Å². The van der Waals surface area contributed by atoms with E-state index in [1.807, 2.05) is 24.3 Å². The van der Waals surface area contributed by atoms with Gasteiger partial charge in [0.25, 0.3) is 0 Å². The molecular formula is C13H14INO. The molecule has 0 N–H and O–H groups in total. The number of halogens is 1. The Balaban J connectivity index is 2.83. The van der Waals surface area contributed by atoms with Crippen molar-refractivity contribution in [3.8, 4) is 0 Å². The Morgan fingerprint density at radius 3 is 2.62 bits per heavy atom. The number of benzene rings is 1. The summed E-state index contributed by atoms with van der Waals surface area (Å²) in [4.78, 5) is 13.3. The van der Waals surface area contributed by atoms with Crippen molar-refractivity contribution in [3.05, 3.63) is 58.7 Å². The number of carbonyl (C=O) groups excluding carboxylic acids is 1. The zero-order valence-corrected chi connectivity index (χ0v) is 11.2. The van der Waals surface area contributed by atoms with Crippen LogP contribution in [0, 0.1) is 3.57 Å². The summed E-state index contributed by atoms with van der Waals surface area (Å²) in [6.45, 7) is 8.28. The highest BCUT2D eigenvalue weighted by molar-refractivity contribution is 14.1. The average molecular weight is 327 g/mol. The molecule has 0 aliphatic heterocycles. The first-order valence-corrected chi connectivity index (χ1v) is 6.02. The lowest BCUT2D eigenvalue weighted by Gasteiger charge is -2.20. The molecule has 0 aliphatic rings. The van der Waals surface area contributed by atoms with E-state index in [1.165, 1.54) is 6.08 Å². The summed E-state index contributed by atoms with van der Waals surface area (Å²) in [5.41, 5.74) is 1.14. The molecule has 0 heterocycles. The molecule has 3 heteroatoms. The molecule has 1 aromatic rings.